The lowest BCUT2D eigenvalue weighted by atomic mass is 10.1. The normalized spacial score (nSPS) is 14.8. The second kappa shape index (κ2) is 10.4. The number of hydrogen-bond donors (Lipinski definition) is 2. The minimum absolute atomic E-state index is 0.288. The number of rotatable bonds is 7. The lowest BCUT2D eigenvalue weighted by molar-refractivity contribution is -0.139. The van der Waals surface area contributed by atoms with Crippen molar-refractivity contribution in [3.05, 3.63) is 65.7 Å². The molecule has 0 spiro atoms. The van der Waals surface area contributed by atoms with Crippen molar-refractivity contribution in [3.63, 3.8) is 0 Å². The molecule has 1 aliphatic rings. The average molecular weight is 430 g/mol. The maximum absolute atomic E-state index is 12.7. The zero-order valence-corrected chi connectivity index (χ0v) is 17.7. The van der Waals surface area contributed by atoms with Crippen molar-refractivity contribution in [2.45, 2.75) is 37.1 Å². The number of carbonyl (C=O) groups is 2. The first-order chi connectivity index (χ1) is 14.5. The fraction of sp³-hybridized carbons (Fsp3) is 0.364. The highest BCUT2D eigenvalue weighted by atomic mass is 32.2. The summed E-state index contributed by atoms with van der Waals surface area (Å²) in [5.74, 6) is -1.36. The minimum Gasteiger partial charge on any atom is -0.348 e. The van der Waals surface area contributed by atoms with Gasteiger partial charge in [0.15, 0.2) is 0 Å². The van der Waals surface area contributed by atoms with Gasteiger partial charge >= 0.3 is 11.8 Å². The SMILES string of the molecule is O=C(NCCc1ccc(S(=O)(=O)N2CCCCC2)cc1)C(=O)NCc1ccccc1. The topological polar surface area (TPSA) is 95.6 Å². The van der Waals surface area contributed by atoms with E-state index in [4.69, 9.17) is 0 Å². The summed E-state index contributed by atoms with van der Waals surface area (Å²) in [5.41, 5.74) is 1.80. The molecule has 0 aromatic heterocycles. The molecule has 1 heterocycles. The van der Waals surface area contributed by atoms with Gasteiger partial charge in [0, 0.05) is 26.2 Å². The number of carbonyl (C=O) groups excluding carboxylic acids is 2. The number of nitrogens with zero attached hydrogens (tertiary/aromatic N) is 1. The highest BCUT2D eigenvalue weighted by molar-refractivity contribution is 7.89. The molecular weight excluding hydrogens is 402 g/mol. The Kier molecular flexibility index (Phi) is 7.59. The molecule has 0 aliphatic carbocycles. The third kappa shape index (κ3) is 5.90. The Morgan fingerprint density at radius 1 is 0.800 bits per heavy atom. The van der Waals surface area contributed by atoms with Crippen LogP contribution < -0.4 is 10.6 Å². The first kappa shape index (κ1) is 22.0. The molecule has 2 aromatic rings. The Balaban J connectivity index is 1.44. The van der Waals surface area contributed by atoms with E-state index in [2.05, 4.69) is 10.6 Å². The van der Waals surface area contributed by atoms with Crippen molar-refractivity contribution < 1.29 is 18.0 Å². The third-order valence-corrected chi connectivity index (χ3v) is 6.99. The van der Waals surface area contributed by atoms with Gasteiger partial charge in [-0.3, -0.25) is 9.59 Å². The molecule has 0 radical (unpaired) electrons. The minimum atomic E-state index is -3.44. The summed E-state index contributed by atoms with van der Waals surface area (Å²) < 4.78 is 26.9. The molecule has 3 rings (SSSR count). The molecule has 160 valence electrons. The zero-order valence-electron chi connectivity index (χ0n) is 16.8. The van der Waals surface area contributed by atoms with Crippen molar-refractivity contribution >= 4 is 21.8 Å². The third-order valence-electron chi connectivity index (χ3n) is 5.08. The Hall–Kier alpha value is -2.71. The van der Waals surface area contributed by atoms with Gasteiger partial charge in [0.05, 0.1) is 4.90 Å². The summed E-state index contributed by atoms with van der Waals surface area (Å²) >= 11 is 0. The van der Waals surface area contributed by atoms with Gasteiger partial charge in [0.2, 0.25) is 10.0 Å². The van der Waals surface area contributed by atoms with Gasteiger partial charge in [-0.25, -0.2) is 8.42 Å². The van der Waals surface area contributed by atoms with Crippen molar-refractivity contribution in [1.82, 2.24) is 14.9 Å². The van der Waals surface area contributed by atoms with E-state index in [1.807, 2.05) is 30.3 Å². The maximum Gasteiger partial charge on any atom is 0.309 e. The molecule has 0 atom stereocenters. The Morgan fingerprint density at radius 2 is 1.43 bits per heavy atom. The molecule has 0 bridgehead atoms. The standard InChI is InChI=1S/C22H27N3O4S/c26-21(22(27)24-17-19-7-3-1-4-8-19)23-14-13-18-9-11-20(12-10-18)30(28,29)25-15-5-2-6-16-25/h1,3-4,7-12H,2,5-6,13-17H2,(H,23,26)(H,24,27). The molecule has 1 fully saturated rings. The summed E-state index contributed by atoms with van der Waals surface area (Å²) in [6.07, 6.45) is 3.37. The van der Waals surface area contributed by atoms with Crippen LogP contribution in [0.25, 0.3) is 0 Å². The van der Waals surface area contributed by atoms with Crippen LogP contribution in [0.15, 0.2) is 59.5 Å². The van der Waals surface area contributed by atoms with Crippen LogP contribution in [0.1, 0.15) is 30.4 Å². The highest BCUT2D eigenvalue weighted by Gasteiger charge is 2.25. The second-order valence-electron chi connectivity index (χ2n) is 7.28. The molecule has 1 aliphatic heterocycles. The first-order valence-electron chi connectivity index (χ1n) is 10.2. The Bertz CT molecular complexity index is 954. The highest BCUT2D eigenvalue weighted by Crippen LogP contribution is 2.20. The van der Waals surface area contributed by atoms with E-state index in [1.165, 1.54) is 0 Å². The molecule has 30 heavy (non-hydrogen) atoms. The largest absolute Gasteiger partial charge is 0.348 e. The molecule has 2 aromatic carbocycles. The summed E-state index contributed by atoms with van der Waals surface area (Å²) in [5, 5.41) is 5.17. The van der Waals surface area contributed by atoms with Gasteiger partial charge in [0.1, 0.15) is 0 Å². The van der Waals surface area contributed by atoms with E-state index in [0.29, 0.717) is 26.1 Å². The lowest BCUT2D eigenvalue weighted by Gasteiger charge is -2.25. The van der Waals surface area contributed by atoms with E-state index in [-0.39, 0.29) is 11.4 Å². The number of amides is 2. The van der Waals surface area contributed by atoms with Crippen molar-refractivity contribution in [3.8, 4) is 0 Å². The summed E-state index contributed by atoms with van der Waals surface area (Å²) in [6.45, 7) is 1.72. The molecule has 2 N–H and O–H groups in total. The van der Waals surface area contributed by atoms with E-state index in [1.54, 1.807) is 28.6 Å². The van der Waals surface area contributed by atoms with E-state index in [9.17, 15) is 18.0 Å². The fourth-order valence-corrected chi connectivity index (χ4v) is 4.86. The van der Waals surface area contributed by atoms with Crippen LogP contribution in [0.5, 0.6) is 0 Å². The van der Waals surface area contributed by atoms with Crippen LogP contribution in [-0.2, 0) is 32.6 Å². The second-order valence-corrected chi connectivity index (χ2v) is 9.22. The molecule has 2 amide bonds. The van der Waals surface area contributed by atoms with Gasteiger partial charge in [-0.1, -0.05) is 48.9 Å². The van der Waals surface area contributed by atoms with E-state index >= 15 is 0 Å². The summed E-state index contributed by atoms with van der Waals surface area (Å²) in [4.78, 5) is 24.1. The number of benzene rings is 2. The molecule has 8 heteroatoms. The van der Waals surface area contributed by atoms with Crippen LogP contribution in [0.3, 0.4) is 0 Å². The smallest absolute Gasteiger partial charge is 0.309 e. The molecule has 0 saturated carbocycles. The average Bonchev–Trinajstić information content (AvgIpc) is 2.79. The monoisotopic (exact) mass is 429 g/mol. The molecule has 0 unspecified atom stereocenters. The van der Waals surface area contributed by atoms with Gasteiger partial charge in [-0.15, -0.1) is 0 Å². The van der Waals surface area contributed by atoms with Crippen LogP contribution in [0.2, 0.25) is 0 Å². The Morgan fingerprint density at radius 3 is 2.10 bits per heavy atom. The van der Waals surface area contributed by atoms with Crippen molar-refractivity contribution in [2.24, 2.45) is 0 Å². The molecule has 7 nitrogen and oxygen atoms in total. The van der Waals surface area contributed by atoms with Crippen LogP contribution in [0, 0.1) is 0 Å². The molecule has 1 saturated heterocycles. The summed E-state index contributed by atoms with van der Waals surface area (Å²) in [6, 6.07) is 16.1. The van der Waals surface area contributed by atoms with Crippen LogP contribution >= 0.6 is 0 Å². The predicted molar refractivity (Wildman–Crippen MR) is 114 cm³/mol. The number of nitrogens with one attached hydrogen (secondary N) is 2. The van der Waals surface area contributed by atoms with Gasteiger partial charge in [-0.05, 0) is 42.5 Å². The first-order valence-corrected chi connectivity index (χ1v) is 11.6. The number of sulfonamides is 1. The van der Waals surface area contributed by atoms with E-state index < -0.39 is 21.8 Å². The maximum atomic E-state index is 12.7. The van der Waals surface area contributed by atoms with Crippen LogP contribution in [0.4, 0.5) is 0 Å². The van der Waals surface area contributed by atoms with Crippen molar-refractivity contribution in [2.75, 3.05) is 19.6 Å². The predicted octanol–water partition coefficient (Wildman–Crippen LogP) is 1.84. The van der Waals surface area contributed by atoms with Gasteiger partial charge in [-0.2, -0.15) is 4.31 Å². The Labute approximate surface area is 177 Å². The zero-order chi connectivity index (χ0) is 21.4. The lowest BCUT2D eigenvalue weighted by Crippen LogP contribution is -2.40. The van der Waals surface area contributed by atoms with E-state index in [0.717, 1.165) is 30.4 Å². The number of hydrogen-bond acceptors (Lipinski definition) is 4. The quantitative estimate of drug-likeness (QED) is 0.657. The molecular formula is C22H27N3O4S. The van der Waals surface area contributed by atoms with Gasteiger partial charge in [0.25, 0.3) is 0 Å². The summed E-state index contributed by atoms with van der Waals surface area (Å²) in [7, 11) is -3.44. The van der Waals surface area contributed by atoms with Crippen LogP contribution in [-0.4, -0.2) is 44.2 Å². The fourth-order valence-electron chi connectivity index (χ4n) is 3.34. The van der Waals surface area contributed by atoms with Crippen molar-refractivity contribution in [1.29, 1.82) is 0 Å². The number of piperidine rings is 1. The van der Waals surface area contributed by atoms with Gasteiger partial charge < -0.3 is 10.6 Å².